The second kappa shape index (κ2) is 5.65. The first kappa shape index (κ1) is 12.6. The van der Waals surface area contributed by atoms with Crippen molar-refractivity contribution >= 4 is 31.3 Å². The van der Waals surface area contributed by atoms with E-state index in [9.17, 15) is 0 Å². The third kappa shape index (κ3) is 2.36. The van der Waals surface area contributed by atoms with E-state index in [2.05, 4.69) is 68.2 Å². The van der Waals surface area contributed by atoms with Crippen molar-refractivity contribution in [3.63, 3.8) is 0 Å². The fraction of sp³-hybridized carbons (Fsp3) is 0.0588. The van der Waals surface area contributed by atoms with Gasteiger partial charge in [0.25, 0.3) is 0 Å². The zero-order valence-corrected chi connectivity index (χ0v) is 11.7. The predicted octanol–water partition coefficient (Wildman–Crippen LogP) is 3.21. The van der Waals surface area contributed by atoms with Crippen LogP contribution in [0.25, 0.3) is 12.2 Å². The Morgan fingerprint density at radius 2 is 1.17 bits per heavy atom. The average Bonchev–Trinajstić information content (AvgIpc) is 2.46. The van der Waals surface area contributed by atoms with Gasteiger partial charge in [-0.2, -0.15) is 0 Å². The maximum Gasteiger partial charge on any atom is 0.119 e. The molecule has 0 saturated carbocycles. The smallest absolute Gasteiger partial charge is 0.0985 e. The molecule has 0 aromatic heterocycles. The van der Waals surface area contributed by atoms with Crippen LogP contribution in [-0.2, 0) is 0 Å². The Kier molecular flexibility index (Phi) is 3.95. The monoisotopic (exact) mass is 249 g/mol. The van der Waals surface area contributed by atoms with Gasteiger partial charge < -0.3 is 0 Å². The quantitative estimate of drug-likeness (QED) is 0.730. The normalized spacial score (nSPS) is 10.3. The summed E-state index contributed by atoms with van der Waals surface area (Å²) in [5.41, 5.74) is 2.49. The van der Waals surface area contributed by atoms with Gasteiger partial charge in [0.15, 0.2) is 0 Å². The molecule has 0 aliphatic heterocycles. The molecule has 0 nitrogen and oxygen atoms in total. The van der Waals surface area contributed by atoms with Gasteiger partial charge in [0, 0.05) is 0 Å². The van der Waals surface area contributed by atoms with E-state index in [4.69, 9.17) is 0 Å². The van der Waals surface area contributed by atoms with E-state index < -0.39 is 8.80 Å². The summed E-state index contributed by atoms with van der Waals surface area (Å²) in [5.74, 6) is 0. The Morgan fingerprint density at radius 3 is 1.56 bits per heavy atom. The van der Waals surface area contributed by atoms with Crippen LogP contribution in [0.15, 0.2) is 61.7 Å². The Labute approximate surface area is 111 Å². The van der Waals surface area contributed by atoms with E-state index in [-0.39, 0.29) is 0 Å². The van der Waals surface area contributed by atoms with Crippen LogP contribution in [0.3, 0.4) is 0 Å². The van der Waals surface area contributed by atoms with Crippen molar-refractivity contribution in [1.29, 1.82) is 0 Å². The highest BCUT2D eigenvalue weighted by atomic mass is 28.3. The van der Waals surface area contributed by atoms with Crippen LogP contribution in [0.1, 0.15) is 11.1 Å². The van der Waals surface area contributed by atoms with Crippen LogP contribution in [0.2, 0.25) is 6.55 Å². The number of rotatable bonds is 4. The minimum absolute atomic E-state index is 0.771. The van der Waals surface area contributed by atoms with Crippen molar-refractivity contribution in [1.82, 2.24) is 0 Å². The van der Waals surface area contributed by atoms with E-state index in [1.165, 1.54) is 21.5 Å². The van der Waals surface area contributed by atoms with Gasteiger partial charge >= 0.3 is 0 Å². The Hall–Kier alpha value is -1.86. The fourth-order valence-corrected chi connectivity index (χ4v) is 4.40. The minimum Gasteiger partial charge on any atom is -0.0985 e. The second-order valence-corrected chi connectivity index (χ2v) is 6.54. The molecule has 18 heavy (non-hydrogen) atoms. The SMILES string of the molecule is C=Cc1ccccc1[Si](C)c1ccccc1C=C. The Morgan fingerprint density at radius 1 is 0.778 bits per heavy atom. The third-order valence-electron chi connectivity index (χ3n) is 3.17. The first-order valence-corrected chi connectivity index (χ1v) is 8.05. The summed E-state index contributed by atoms with van der Waals surface area (Å²) in [6.45, 7) is 10.1. The molecule has 2 aromatic rings. The molecule has 2 aromatic carbocycles. The van der Waals surface area contributed by atoms with Crippen molar-refractivity contribution in [3.8, 4) is 0 Å². The van der Waals surface area contributed by atoms with Crippen LogP contribution >= 0.6 is 0 Å². The summed E-state index contributed by atoms with van der Waals surface area (Å²) in [6.07, 6.45) is 3.89. The lowest BCUT2D eigenvalue weighted by molar-refractivity contribution is 1.67. The van der Waals surface area contributed by atoms with E-state index in [1.807, 2.05) is 12.2 Å². The Bertz CT molecular complexity index is 518. The summed E-state index contributed by atoms with van der Waals surface area (Å²) in [6, 6.07) is 17.0. The summed E-state index contributed by atoms with van der Waals surface area (Å²) in [7, 11) is -0.771. The van der Waals surface area contributed by atoms with Gasteiger partial charge in [0.2, 0.25) is 0 Å². The molecule has 0 fully saturated rings. The molecule has 0 N–H and O–H groups in total. The lowest BCUT2D eigenvalue weighted by Gasteiger charge is -2.15. The van der Waals surface area contributed by atoms with Crippen LogP contribution in [-0.4, -0.2) is 8.80 Å². The lowest BCUT2D eigenvalue weighted by atomic mass is 10.2. The van der Waals surface area contributed by atoms with Crippen molar-refractivity contribution in [3.05, 3.63) is 72.8 Å². The lowest BCUT2D eigenvalue weighted by Crippen LogP contribution is -2.41. The van der Waals surface area contributed by atoms with Crippen LogP contribution in [0.4, 0.5) is 0 Å². The summed E-state index contributed by atoms with van der Waals surface area (Å²) < 4.78 is 0. The van der Waals surface area contributed by atoms with Gasteiger partial charge in [0.05, 0.1) is 0 Å². The highest BCUT2D eigenvalue weighted by Gasteiger charge is 2.15. The molecule has 0 heterocycles. The van der Waals surface area contributed by atoms with Gasteiger partial charge in [0.1, 0.15) is 8.80 Å². The highest BCUT2D eigenvalue weighted by molar-refractivity contribution is 6.85. The van der Waals surface area contributed by atoms with E-state index in [0.717, 1.165) is 0 Å². The maximum atomic E-state index is 3.91. The molecule has 0 aliphatic carbocycles. The van der Waals surface area contributed by atoms with Crippen LogP contribution in [0, 0.1) is 0 Å². The maximum absolute atomic E-state index is 3.91. The molecule has 1 heteroatoms. The molecule has 0 amide bonds. The van der Waals surface area contributed by atoms with Gasteiger partial charge in [-0.1, -0.05) is 80.4 Å². The molecule has 89 valence electrons. The minimum atomic E-state index is -0.771. The third-order valence-corrected chi connectivity index (χ3v) is 5.70. The molecule has 1 radical (unpaired) electrons. The molecule has 0 atom stereocenters. The van der Waals surface area contributed by atoms with Gasteiger partial charge in [-0.25, -0.2) is 0 Å². The zero-order chi connectivity index (χ0) is 13.0. The van der Waals surface area contributed by atoms with Crippen molar-refractivity contribution < 1.29 is 0 Å². The van der Waals surface area contributed by atoms with E-state index in [0.29, 0.717) is 0 Å². The number of benzene rings is 2. The van der Waals surface area contributed by atoms with Crippen molar-refractivity contribution in [2.75, 3.05) is 0 Å². The Balaban J connectivity index is 2.50. The molecule has 0 spiro atoms. The molecular weight excluding hydrogens is 232 g/mol. The van der Waals surface area contributed by atoms with Crippen LogP contribution in [0.5, 0.6) is 0 Å². The first-order valence-electron chi connectivity index (χ1n) is 6.05. The molecule has 2 rings (SSSR count). The first-order chi connectivity index (χ1) is 8.77. The van der Waals surface area contributed by atoms with E-state index in [1.54, 1.807) is 0 Å². The standard InChI is InChI=1S/C17H17Si/c1-4-14-10-6-8-12-16(14)18(3)17-13-9-7-11-15(17)5-2/h4-13H,1-2H2,3H3. The average molecular weight is 249 g/mol. The van der Waals surface area contributed by atoms with Crippen molar-refractivity contribution in [2.45, 2.75) is 6.55 Å². The van der Waals surface area contributed by atoms with Gasteiger partial charge in [-0.05, 0) is 21.5 Å². The number of hydrogen-bond donors (Lipinski definition) is 0. The molecular formula is C17H17Si. The summed E-state index contributed by atoms with van der Waals surface area (Å²) in [4.78, 5) is 0. The summed E-state index contributed by atoms with van der Waals surface area (Å²) in [5, 5.41) is 2.82. The molecule has 0 unspecified atom stereocenters. The van der Waals surface area contributed by atoms with Gasteiger partial charge in [-0.3, -0.25) is 0 Å². The second-order valence-electron chi connectivity index (χ2n) is 4.21. The van der Waals surface area contributed by atoms with Crippen molar-refractivity contribution in [2.24, 2.45) is 0 Å². The molecule has 0 saturated heterocycles. The zero-order valence-electron chi connectivity index (χ0n) is 10.7. The van der Waals surface area contributed by atoms with E-state index >= 15 is 0 Å². The summed E-state index contributed by atoms with van der Waals surface area (Å²) >= 11 is 0. The largest absolute Gasteiger partial charge is 0.119 e. The predicted molar refractivity (Wildman–Crippen MR) is 84.0 cm³/mol. The highest BCUT2D eigenvalue weighted by Crippen LogP contribution is 2.04. The molecule has 0 aliphatic rings. The van der Waals surface area contributed by atoms with Gasteiger partial charge in [-0.15, -0.1) is 0 Å². The molecule has 0 bridgehead atoms. The van der Waals surface area contributed by atoms with Crippen LogP contribution < -0.4 is 10.4 Å². The topological polar surface area (TPSA) is 0 Å². The number of hydrogen-bond acceptors (Lipinski definition) is 0. The fourth-order valence-electron chi connectivity index (χ4n) is 2.18.